The molecule has 0 aromatic rings. The molecule has 2 N–H and O–H groups in total. The van der Waals surface area contributed by atoms with Gasteiger partial charge in [-0.2, -0.15) is 0 Å². The van der Waals surface area contributed by atoms with E-state index in [1.165, 1.54) is 30.7 Å². The van der Waals surface area contributed by atoms with E-state index in [1.54, 1.807) is 0 Å². The topological polar surface area (TPSA) is 77.0 Å². The number of carbonyl (C=O) groups is 2. The van der Waals surface area contributed by atoms with Crippen molar-refractivity contribution in [2.75, 3.05) is 39.3 Å². The number of carbonyl (C=O) groups excluding carboxylic acids is 2. The SMILES string of the molecule is CCNC(=NCC1CCCCN1CC)NCCN1C(=O)C2C3C=CC(C3)C2C1=O. The van der Waals surface area contributed by atoms with Crippen molar-refractivity contribution >= 4 is 17.8 Å². The molecule has 7 nitrogen and oxygen atoms in total. The second-order valence-corrected chi connectivity index (χ2v) is 8.75. The molecule has 7 heteroatoms. The Morgan fingerprint density at radius 1 is 1.10 bits per heavy atom. The van der Waals surface area contributed by atoms with Gasteiger partial charge in [-0.1, -0.05) is 25.5 Å². The fraction of sp³-hybridized carbons (Fsp3) is 0.773. The van der Waals surface area contributed by atoms with Crippen LogP contribution in [0.1, 0.15) is 39.5 Å². The number of rotatable bonds is 7. The van der Waals surface area contributed by atoms with E-state index in [-0.39, 0.29) is 35.5 Å². The van der Waals surface area contributed by atoms with Crippen molar-refractivity contribution in [2.45, 2.75) is 45.6 Å². The number of aliphatic imine (C=N–C) groups is 1. The number of likely N-dealkylation sites (N-methyl/N-ethyl adjacent to an activating group) is 1. The molecule has 5 unspecified atom stereocenters. The Labute approximate surface area is 174 Å². The van der Waals surface area contributed by atoms with Crippen LogP contribution in [0.3, 0.4) is 0 Å². The highest BCUT2D eigenvalue weighted by molar-refractivity contribution is 6.06. The van der Waals surface area contributed by atoms with Crippen LogP contribution in [0, 0.1) is 23.7 Å². The summed E-state index contributed by atoms with van der Waals surface area (Å²) in [6.45, 7) is 9.02. The van der Waals surface area contributed by atoms with E-state index in [4.69, 9.17) is 4.99 Å². The lowest BCUT2D eigenvalue weighted by atomic mass is 9.85. The monoisotopic (exact) mass is 401 g/mol. The van der Waals surface area contributed by atoms with Gasteiger partial charge in [0, 0.05) is 25.7 Å². The number of nitrogens with one attached hydrogen (secondary N) is 2. The van der Waals surface area contributed by atoms with Gasteiger partial charge in [-0.15, -0.1) is 0 Å². The standard InChI is InChI=1S/C22H35N5O2/c1-3-23-22(25-14-17-7-5-6-11-26(17)4-2)24-10-12-27-20(28)18-15-8-9-16(13-15)19(18)21(27)29/h8-9,15-19H,3-7,10-14H2,1-2H3,(H2,23,24,25). The summed E-state index contributed by atoms with van der Waals surface area (Å²) in [5.74, 6) is 1.17. The van der Waals surface area contributed by atoms with Gasteiger partial charge in [-0.3, -0.25) is 24.4 Å². The average Bonchev–Trinajstić information content (AvgIpc) is 3.41. The van der Waals surface area contributed by atoms with Crippen LogP contribution in [-0.4, -0.2) is 72.9 Å². The lowest BCUT2D eigenvalue weighted by Crippen LogP contribution is -2.45. The molecular weight excluding hydrogens is 366 g/mol. The third kappa shape index (κ3) is 3.93. The van der Waals surface area contributed by atoms with Crippen molar-refractivity contribution in [1.82, 2.24) is 20.4 Å². The van der Waals surface area contributed by atoms with Gasteiger partial charge in [-0.05, 0) is 51.1 Å². The number of amides is 2. The molecule has 1 saturated carbocycles. The minimum Gasteiger partial charge on any atom is -0.357 e. The van der Waals surface area contributed by atoms with E-state index >= 15 is 0 Å². The Kier molecular flexibility index (Phi) is 6.23. The summed E-state index contributed by atoms with van der Waals surface area (Å²) < 4.78 is 0. The highest BCUT2D eigenvalue weighted by Gasteiger charge is 2.58. The third-order valence-electron chi connectivity index (χ3n) is 7.15. The van der Waals surface area contributed by atoms with E-state index in [0.29, 0.717) is 19.1 Å². The smallest absolute Gasteiger partial charge is 0.233 e. The Morgan fingerprint density at radius 3 is 2.48 bits per heavy atom. The average molecular weight is 402 g/mol. The summed E-state index contributed by atoms with van der Waals surface area (Å²) in [5, 5.41) is 6.61. The number of likely N-dealkylation sites (tertiary alicyclic amines) is 2. The molecule has 4 aliphatic rings. The summed E-state index contributed by atoms with van der Waals surface area (Å²) in [5.41, 5.74) is 0. The Balaban J connectivity index is 1.30. The maximum atomic E-state index is 12.8. The van der Waals surface area contributed by atoms with E-state index in [0.717, 1.165) is 32.0 Å². The van der Waals surface area contributed by atoms with Gasteiger partial charge >= 0.3 is 0 Å². The number of hydrogen-bond acceptors (Lipinski definition) is 4. The van der Waals surface area contributed by atoms with Gasteiger partial charge in [0.25, 0.3) is 0 Å². The van der Waals surface area contributed by atoms with Crippen LogP contribution in [-0.2, 0) is 9.59 Å². The molecular formula is C22H35N5O2. The number of hydrogen-bond donors (Lipinski definition) is 2. The normalized spacial score (nSPS) is 34.2. The van der Waals surface area contributed by atoms with Gasteiger partial charge in [0.05, 0.1) is 18.4 Å². The van der Waals surface area contributed by atoms with Crippen molar-refractivity contribution in [3.8, 4) is 0 Å². The molecule has 160 valence electrons. The first-order valence-corrected chi connectivity index (χ1v) is 11.4. The van der Waals surface area contributed by atoms with Crippen LogP contribution in [0.5, 0.6) is 0 Å². The predicted octanol–water partition coefficient (Wildman–Crippen LogP) is 1.22. The van der Waals surface area contributed by atoms with E-state index < -0.39 is 0 Å². The van der Waals surface area contributed by atoms with Crippen LogP contribution in [0.2, 0.25) is 0 Å². The minimum absolute atomic E-state index is 0.0291. The lowest BCUT2D eigenvalue weighted by molar-refractivity contribution is -0.140. The number of piperidine rings is 1. The van der Waals surface area contributed by atoms with Crippen LogP contribution < -0.4 is 10.6 Å². The molecule has 2 amide bonds. The fourth-order valence-corrected chi connectivity index (χ4v) is 5.69. The Morgan fingerprint density at radius 2 is 1.83 bits per heavy atom. The van der Waals surface area contributed by atoms with Crippen molar-refractivity contribution in [2.24, 2.45) is 28.7 Å². The van der Waals surface area contributed by atoms with Crippen LogP contribution >= 0.6 is 0 Å². The highest BCUT2D eigenvalue weighted by Crippen LogP contribution is 2.52. The van der Waals surface area contributed by atoms with E-state index in [1.807, 2.05) is 6.92 Å². The van der Waals surface area contributed by atoms with E-state index in [2.05, 4.69) is 34.6 Å². The second-order valence-electron chi connectivity index (χ2n) is 8.75. The summed E-state index contributed by atoms with van der Waals surface area (Å²) in [6.07, 6.45) is 9.01. The Bertz CT molecular complexity index is 661. The van der Waals surface area contributed by atoms with Crippen LogP contribution in [0.4, 0.5) is 0 Å². The first-order valence-electron chi connectivity index (χ1n) is 11.4. The molecule has 0 spiro atoms. The van der Waals surface area contributed by atoms with Gasteiger partial charge < -0.3 is 10.6 Å². The number of fused-ring (bicyclic) bond motifs is 5. The van der Waals surface area contributed by atoms with Crippen LogP contribution in [0.25, 0.3) is 0 Å². The van der Waals surface area contributed by atoms with E-state index in [9.17, 15) is 9.59 Å². The minimum atomic E-state index is -0.106. The largest absolute Gasteiger partial charge is 0.357 e. The quantitative estimate of drug-likeness (QED) is 0.290. The molecule has 2 saturated heterocycles. The Hall–Kier alpha value is -1.89. The molecule has 29 heavy (non-hydrogen) atoms. The third-order valence-corrected chi connectivity index (χ3v) is 7.15. The predicted molar refractivity (Wildman–Crippen MR) is 113 cm³/mol. The van der Waals surface area contributed by atoms with Crippen molar-refractivity contribution in [3.63, 3.8) is 0 Å². The van der Waals surface area contributed by atoms with Crippen molar-refractivity contribution < 1.29 is 9.59 Å². The first kappa shape index (κ1) is 20.4. The van der Waals surface area contributed by atoms with Crippen molar-refractivity contribution in [3.05, 3.63) is 12.2 Å². The first-order chi connectivity index (χ1) is 14.1. The molecule has 3 fully saturated rings. The molecule has 2 bridgehead atoms. The van der Waals surface area contributed by atoms with Gasteiger partial charge in [-0.25, -0.2) is 0 Å². The molecule has 2 aliphatic carbocycles. The zero-order chi connectivity index (χ0) is 20.4. The summed E-state index contributed by atoms with van der Waals surface area (Å²) >= 11 is 0. The summed E-state index contributed by atoms with van der Waals surface area (Å²) in [7, 11) is 0. The number of imide groups is 1. The molecule has 5 atom stereocenters. The van der Waals surface area contributed by atoms with Gasteiger partial charge in [0.15, 0.2) is 5.96 Å². The summed E-state index contributed by atoms with van der Waals surface area (Å²) in [6, 6.07) is 0.508. The molecule has 0 aromatic carbocycles. The number of allylic oxidation sites excluding steroid dienone is 2. The summed E-state index contributed by atoms with van der Waals surface area (Å²) in [4.78, 5) is 34.3. The molecule has 0 radical (unpaired) electrons. The zero-order valence-electron chi connectivity index (χ0n) is 17.8. The van der Waals surface area contributed by atoms with Gasteiger partial charge in [0.1, 0.15) is 0 Å². The fourth-order valence-electron chi connectivity index (χ4n) is 5.69. The lowest BCUT2D eigenvalue weighted by Gasteiger charge is -2.34. The van der Waals surface area contributed by atoms with Gasteiger partial charge in [0.2, 0.25) is 11.8 Å². The number of guanidine groups is 1. The second kappa shape index (κ2) is 8.86. The number of nitrogens with zero attached hydrogens (tertiary/aromatic N) is 3. The molecule has 2 heterocycles. The van der Waals surface area contributed by atoms with Crippen molar-refractivity contribution in [1.29, 1.82) is 0 Å². The molecule has 0 aromatic heterocycles. The maximum Gasteiger partial charge on any atom is 0.233 e. The molecule has 2 aliphatic heterocycles. The highest BCUT2D eigenvalue weighted by atomic mass is 16.2. The van der Waals surface area contributed by atoms with Crippen LogP contribution in [0.15, 0.2) is 17.1 Å². The zero-order valence-corrected chi connectivity index (χ0v) is 17.8. The maximum absolute atomic E-state index is 12.8. The molecule has 4 rings (SSSR count).